The monoisotopic (exact) mass is 492 g/mol. The molecule has 3 heterocycles. The van der Waals surface area contributed by atoms with Crippen molar-refractivity contribution in [2.75, 3.05) is 13.1 Å². The van der Waals surface area contributed by atoms with Crippen LogP contribution < -0.4 is 4.80 Å². The van der Waals surface area contributed by atoms with Gasteiger partial charge in [0.05, 0.1) is 21.1 Å². The molecule has 0 spiro atoms. The van der Waals surface area contributed by atoms with Crippen molar-refractivity contribution in [2.24, 2.45) is 10.9 Å². The highest BCUT2D eigenvalue weighted by Gasteiger charge is 2.33. The SMILES string of the molecule is C=CCn1c(=NC(=O)C2CCCN(S(=O)(=O)c3cccs3)C2)sc2ccc([N+](=O)[O-])cc21. The third-order valence-electron chi connectivity index (χ3n) is 5.22. The van der Waals surface area contributed by atoms with Gasteiger partial charge in [0.15, 0.2) is 4.80 Å². The topological polar surface area (TPSA) is 115 Å². The first-order valence-electron chi connectivity index (χ1n) is 9.82. The molecule has 0 aliphatic carbocycles. The minimum Gasteiger partial charge on any atom is -0.312 e. The number of aromatic nitrogens is 1. The number of thiophene rings is 1. The Morgan fingerprint density at radius 2 is 2.19 bits per heavy atom. The molecule has 1 saturated heterocycles. The van der Waals surface area contributed by atoms with Crippen molar-refractivity contribution in [3.05, 3.63) is 63.3 Å². The number of non-ortho nitro benzene ring substituents is 1. The number of nitrogens with zero attached hydrogens (tertiary/aromatic N) is 4. The predicted molar refractivity (Wildman–Crippen MR) is 123 cm³/mol. The molecule has 0 radical (unpaired) electrons. The number of amides is 1. The maximum Gasteiger partial charge on any atom is 0.271 e. The molecule has 1 unspecified atom stereocenters. The molecule has 4 rings (SSSR count). The van der Waals surface area contributed by atoms with Gasteiger partial charge in [0.25, 0.3) is 21.6 Å². The van der Waals surface area contributed by atoms with E-state index < -0.39 is 26.8 Å². The number of benzene rings is 1. The zero-order valence-electron chi connectivity index (χ0n) is 16.9. The highest BCUT2D eigenvalue weighted by molar-refractivity contribution is 7.91. The number of carbonyl (C=O) groups excluding carboxylic acids is 1. The van der Waals surface area contributed by atoms with Gasteiger partial charge in [-0.05, 0) is 30.4 Å². The third-order valence-corrected chi connectivity index (χ3v) is 9.51. The summed E-state index contributed by atoms with van der Waals surface area (Å²) in [6, 6.07) is 7.75. The number of piperidine rings is 1. The summed E-state index contributed by atoms with van der Waals surface area (Å²) in [5.74, 6) is -0.940. The normalized spacial score (nSPS) is 18.1. The van der Waals surface area contributed by atoms with Crippen molar-refractivity contribution in [1.82, 2.24) is 8.87 Å². The van der Waals surface area contributed by atoms with Gasteiger partial charge in [-0.1, -0.05) is 23.5 Å². The standard InChI is InChI=1S/C20H20N4O5S3/c1-2-9-23-16-12-15(24(26)27)7-8-17(16)31-20(23)21-19(25)14-5-3-10-22(13-14)32(28,29)18-6-4-11-30-18/h2,4,6-8,11-12,14H,1,3,5,9-10,13H2. The summed E-state index contributed by atoms with van der Waals surface area (Å²) in [6.45, 7) is 4.50. The van der Waals surface area contributed by atoms with E-state index in [-0.39, 0.29) is 16.4 Å². The minimum absolute atomic E-state index is 0.0484. The van der Waals surface area contributed by atoms with Gasteiger partial charge in [-0.2, -0.15) is 9.30 Å². The molecule has 0 saturated carbocycles. The molecule has 1 fully saturated rings. The number of fused-ring (bicyclic) bond motifs is 1. The third kappa shape index (κ3) is 4.31. The van der Waals surface area contributed by atoms with Crippen molar-refractivity contribution in [3.8, 4) is 0 Å². The summed E-state index contributed by atoms with van der Waals surface area (Å²) in [4.78, 5) is 28.4. The summed E-state index contributed by atoms with van der Waals surface area (Å²) in [5, 5.41) is 12.9. The molecule has 1 aliphatic rings. The quantitative estimate of drug-likeness (QED) is 0.297. The second-order valence-electron chi connectivity index (χ2n) is 7.28. The fourth-order valence-corrected chi connectivity index (χ4v) is 7.34. The highest BCUT2D eigenvalue weighted by atomic mass is 32.2. The molecule has 1 aromatic carbocycles. The number of allylic oxidation sites excluding steroid dienone is 1. The fraction of sp³-hybridized carbons (Fsp3) is 0.300. The number of hydrogen-bond donors (Lipinski definition) is 0. The van der Waals surface area contributed by atoms with Gasteiger partial charge >= 0.3 is 0 Å². The van der Waals surface area contributed by atoms with E-state index in [9.17, 15) is 23.3 Å². The molecule has 1 aliphatic heterocycles. The van der Waals surface area contributed by atoms with E-state index in [1.165, 1.54) is 27.8 Å². The Kier molecular flexibility index (Phi) is 6.38. The fourth-order valence-electron chi connectivity index (χ4n) is 3.65. The van der Waals surface area contributed by atoms with Gasteiger partial charge < -0.3 is 4.57 Å². The maximum absolute atomic E-state index is 13.0. The molecule has 1 amide bonds. The van der Waals surface area contributed by atoms with Gasteiger partial charge in [0, 0.05) is 31.8 Å². The van der Waals surface area contributed by atoms with Crippen LogP contribution in [0.2, 0.25) is 0 Å². The lowest BCUT2D eigenvalue weighted by atomic mass is 9.99. The zero-order valence-corrected chi connectivity index (χ0v) is 19.4. The molecular formula is C20H20N4O5S3. The van der Waals surface area contributed by atoms with Crippen LogP contribution in [0.5, 0.6) is 0 Å². The van der Waals surface area contributed by atoms with Gasteiger partial charge in [-0.25, -0.2) is 8.42 Å². The van der Waals surface area contributed by atoms with E-state index in [0.29, 0.717) is 36.2 Å². The van der Waals surface area contributed by atoms with Gasteiger partial charge in [-0.15, -0.1) is 17.9 Å². The second-order valence-corrected chi connectivity index (χ2v) is 11.4. The Morgan fingerprint density at radius 3 is 2.88 bits per heavy atom. The van der Waals surface area contributed by atoms with Crippen LogP contribution in [0, 0.1) is 16.0 Å². The molecule has 1 atom stereocenters. The first-order chi connectivity index (χ1) is 15.3. The van der Waals surface area contributed by atoms with Crippen molar-refractivity contribution in [1.29, 1.82) is 0 Å². The minimum atomic E-state index is -3.63. The predicted octanol–water partition coefficient (Wildman–Crippen LogP) is 3.39. The van der Waals surface area contributed by atoms with Crippen LogP contribution in [-0.2, 0) is 21.4 Å². The molecular weight excluding hydrogens is 472 g/mol. The van der Waals surface area contributed by atoms with Crippen molar-refractivity contribution < 1.29 is 18.1 Å². The number of nitro benzene ring substituents is 1. The zero-order chi connectivity index (χ0) is 22.9. The lowest BCUT2D eigenvalue weighted by molar-refractivity contribution is -0.384. The van der Waals surface area contributed by atoms with E-state index >= 15 is 0 Å². The van der Waals surface area contributed by atoms with Crippen LogP contribution in [0.4, 0.5) is 5.69 Å². The van der Waals surface area contributed by atoms with Crippen LogP contribution in [0.15, 0.2) is 57.6 Å². The van der Waals surface area contributed by atoms with E-state index in [2.05, 4.69) is 11.6 Å². The first kappa shape index (κ1) is 22.5. The Bertz CT molecular complexity index is 1360. The van der Waals surface area contributed by atoms with Crippen LogP contribution >= 0.6 is 22.7 Å². The Balaban J connectivity index is 1.66. The number of thiazole rings is 1. The maximum atomic E-state index is 13.0. The molecule has 168 valence electrons. The lowest BCUT2D eigenvalue weighted by Gasteiger charge is -2.29. The molecule has 0 N–H and O–H groups in total. The number of carbonyl (C=O) groups is 1. The van der Waals surface area contributed by atoms with E-state index in [1.54, 1.807) is 34.2 Å². The second kappa shape index (κ2) is 9.06. The Hall–Kier alpha value is -2.67. The van der Waals surface area contributed by atoms with E-state index in [0.717, 1.165) is 16.0 Å². The highest BCUT2D eigenvalue weighted by Crippen LogP contribution is 2.27. The molecule has 9 nitrogen and oxygen atoms in total. The van der Waals surface area contributed by atoms with E-state index in [4.69, 9.17) is 0 Å². The molecule has 0 bridgehead atoms. The van der Waals surface area contributed by atoms with Crippen LogP contribution in [-0.4, -0.2) is 41.2 Å². The Labute approximate surface area is 192 Å². The smallest absolute Gasteiger partial charge is 0.271 e. The van der Waals surface area contributed by atoms with Crippen molar-refractivity contribution >= 4 is 54.5 Å². The number of rotatable bonds is 6. The molecule has 12 heteroatoms. The largest absolute Gasteiger partial charge is 0.312 e. The summed E-state index contributed by atoms with van der Waals surface area (Å²) in [5.41, 5.74) is 0.550. The summed E-state index contributed by atoms with van der Waals surface area (Å²) in [6.07, 6.45) is 2.75. The van der Waals surface area contributed by atoms with Gasteiger partial charge in [0.2, 0.25) is 0 Å². The number of hydrogen-bond acceptors (Lipinski definition) is 7. The molecule has 3 aromatic rings. The first-order valence-corrected chi connectivity index (χ1v) is 13.0. The molecule has 32 heavy (non-hydrogen) atoms. The van der Waals surface area contributed by atoms with Crippen molar-refractivity contribution in [3.63, 3.8) is 0 Å². The summed E-state index contributed by atoms with van der Waals surface area (Å²) in [7, 11) is -3.63. The van der Waals surface area contributed by atoms with Crippen LogP contribution in [0.1, 0.15) is 12.8 Å². The summed E-state index contributed by atoms with van der Waals surface area (Å²) < 4.78 is 29.8. The average Bonchev–Trinajstić information content (AvgIpc) is 3.43. The average molecular weight is 493 g/mol. The van der Waals surface area contributed by atoms with Crippen LogP contribution in [0.3, 0.4) is 0 Å². The van der Waals surface area contributed by atoms with Crippen LogP contribution in [0.25, 0.3) is 10.2 Å². The number of nitro groups is 1. The van der Waals surface area contributed by atoms with Crippen molar-refractivity contribution in [2.45, 2.75) is 23.6 Å². The lowest BCUT2D eigenvalue weighted by Crippen LogP contribution is -2.42. The Morgan fingerprint density at radius 1 is 1.38 bits per heavy atom. The molecule has 2 aromatic heterocycles. The van der Waals surface area contributed by atoms with Gasteiger partial charge in [0.1, 0.15) is 4.21 Å². The summed E-state index contributed by atoms with van der Waals surface area (Å²) >= 11 is 2.41. The van der Waals surface area contributed by atoms with Gasteiger partial charge in [-0.3, -0.25) is 14.9 Å². The number of sulfonamides is 1. The van der Waals surface area contributed by atoms with E-state index in [1.807, 2.05) is 0 Å².